The summed E-state index contributed by atoms with van der Waals surface area (Å²) in [6.07, 6.45) is 8.34. The molecule has 1 heterocycles. The molecule has 2 heteroatoms. The molecule has 1 aromatic carbocycles. The fourth-order valence-corrected chi connectivity index (χ4v) is 2.71. The third-order valence-corrected chi connectivity index (χ3v) is 4.17. The van der Waals surface area contributed by atoms with Gasteiger partial charge in [-0.05, 0) is 51.5 Å². The molecule has 1 saturated heterocycles. The van der Waals surface area contributed by atoms with Gasteiger partial charge in [-0.1, -0.05) is 42.5 Å². The highest BCUT2D eigenvalue weighted by Crippen LogP contribution is 2.39. The number of hydrogen-bond donors (Lipinski definition) is 0. The van der Waals surface area contributed by atoms with Crippen LogP contribution in [0.3, 0.4) is 0 Å². The summed E-state index contributed by atoms with van der Waals surface area (Å²) < 4.78 is 11.5. The van der Waals surface area contributed by atoms with Crippen molar-refractivity contribution in [3.8, 4) is 0 Å². The van der Waals surface area contributed by atoms with E-state index in [2.05, 4.69) is 57.2 Å². The first-order valence-electron chi connectivity index (χ1n) is 8.04. The Hall–Kier alpha value is -1.12. The van der Waals surface area contributed by atoms with Crippen LogP contribution >= 0.6 is 0 Å². The van der Waals surface area contributed by atoms with E-state index in [0.717, 1.165) is 19.4 Å². The van der Waals surface area contributed by atoms with E-state index in [1.54, 1.807) is 0 Å². The van der Waals surface area contributed by atoms with Crippen LogP contribution in [0.15, 0.2) is 42.5 Å². The second-order valence-corrected chi connectivity index (χ2v) is 6.40. The Morgan fingerprint density at radius 2 is 1.95 bits per heavy atom. The van der Waals surface area contributed by atoms with Gasteiger partial charge in [0.15, 0.2) is 0 Å². The number of benzene rings is 1. The highest BCUT2D eigenvalue weighted by atomic mass is 16.6. The summed E-state index contributed by atoms with van der Waals surface area (Å²) in [5, 5.41) is 0. The van der Waals surface area contributed by atoms with Crippen molar-refractivity contribution in [2.75, 3.05) is 6.61 Å². The highest BCUT2D eigenvalue weighted by molar-refractivity contribution is 5.13. The van der Waals surface area contributed by atoms with Crippen LogP contribution in [0.1, 0.15) is 45.6 Å². The van der Waals surface area contributed by atoms with Gasteiger partial charge in [-0.3, -0.25) is 0 Å². The first kappa shape index (κ1) is 16.3. The van der Waals surface area contributed by atoms with Crippen LogP contribution in [0.25, 0.3) is 0 Å². The fourth-order valence-electron chi connectivity index (χ4n) is 2.71. The molecule has 0 aliphatic carbocycles. The largest absolute Gasteiger partial charge is 0.377 e. The summed E-state index contributed by atoms with van der Waals surface area (Å²) in [6.45, 7) is 7.97. The topological polar surface area (TPSA) is 21.8 Å². The minimum atomic E-state index is 0.115. The Morgan fingerprint density at radius 1 is 1.24 bits per heavy atom. The Morgan fingerprint density at radius 3 is 2.57 bits per heavy atom. The third kappa shape index (κ3) is 5.64. The molecule has 0 radical (unpaired) electrons. The van der Waals surface area contributed by atoms with Gasteiger partial charge in [0, 0.05) is 6.61 Å². The van der Waals surface area contributed by atoms with Crippen LogP contribution in [-0.4, -0.2) is 18.3 Å². The SMILES string of the molecule is C/C=C/C(CCOCc1ccccc1)CCC1OC1(C)C. The summed E-state index contributed by atoms with van der Waals surface area (Å²) in [6, 6.07) is 10.4. The maximum atomic E-state index is 5.79. The van der Waals surface area contributed by atoms with E-state index in [-0.39, 0.29) is 5.60 Å². The predicted octanol–water partition coefficient (Wildman–Crippen LogP) is 4.74. The van der Waals surface area contributed by atoms with Crippen LogP contribution in [0.2, 0.25) is 0 Å². The van der Waals surface area contributed by atoms with Gasteiger partial charge >= 0.3 is 0 Å². The number of epoxide rings is 1. The quantitative estimate of drug-likeness (QED) is 0.372. The maximum absolute atomic E-state index is 5.79. The molecule has 0 amide bonds. The van der Waals surface area contributed by atoms with Crippen LogP contribution < -0.4 is 0 Å². The lowest BCUT2D eigenvalue weighted by Crippen LogP contribution is -2.08. The zero-order valence-electron chi connectivity index (χ0n) is 13.5. The molecule has 116 valence electrons. The minimum Gasteiger partial charge on any atom is -0.377 e. The molecule has 0 spiro atoms. The molecule has 0 bridgehead atoms. The summed E-state index contributed by atoms with van der Waals surface area (Å²) in [5.41, 5.74) is 1.36. The summed E-state index contributed by atoms with van der Waals surface area (Å²) in [5.74, 6) is 0.603. The molecule has 0 saturated carbocycles. The van der Waals surface area contributed by atoms with Gasteiger partial charge in [0.2, 0.25) is 0 Å². The van der Waals surface area contributed by atoms with Gasteiger partial charge in [0.25, 0.3) is 0 Å². The van der Waals surface area contributed by atoms with Crippen molar-refractivity contribution in [2.24, 2.45) is 5.92 Å². The molecule has 2 nitrogen and oxygen atoms in total. The molecule has 1 aliphatic rings. The highest BCUT2D eigenvalue weighted by Gasteiger charge is 2.46. The van der Waals surface area contributed by atoms with Crippen molar-refractivity contribution in [3.05, 3.63) is 48.0 Å². The molecule has 1 aromatic rings. The molecular weight excluding hydrogens is 260 g/mol. The number of ether oxygens (including phenoxy) is 2. The molecule has 0 aromatic heterocycles. The minimum absolute atomic E-state index is 0.115. The average molecular weight is 288 g/mol. The smallest absolute Gasteiger partial charge is 0.0892 e. The Kier molecular flexibility index (Phi) is 6.01. The van der Waals surface area contributed by atoms with Gasteiger partial charge in [-0.2, -0.15) is 0 Å². The zero-order valence-corrected chi connectivity index (χ0v) is 13.5. The van der Waals surface area contributed by atoms with Gasteiger partial charge in [0.1, 0.15) is 0 Å². The van der Waals surface area contributed by atoms with E-state index < -0.39 is 0 Å². The second kappa shape index (κ2) is 7.77. The first-order chi connectivity index (χ1) is 10.1. The van der Waals surface area contributed by atoms with Crippen LogP contribution in [-0.2, 0) is 16.1 Å². The summed E-state index contributed by atoms with van der Waals surface area (Å²) in [7, 11) is 0. The molecule has 1 fully saturated rings. The number of allylic oxidation sites excluding steroid dienone is 2. The van der Waals surface area contributed by atoms with Crippen molar-refractivity contribution >= 4 is 0 Å². The Labute approximate surface area is 129 Å². The Bertz CT molecular complexity index is 436. The van der Waals surface area contributed by atoms with Crippen LogP contribution in [0, 0.1) is 5.92 Å². The lowest BCUT2D eigenvalue weighted by molar-refractivity contribution is 0.110. The summed E-state index contributed by atoms with van der Waals surface area (Å²) in [4.78, 5) is 0. The van der Waals surface area contributed by atoms with E-state index in [0.29, 0.717) is 18.6 Å². The number of rotatable bonds is 9. The van der Waals surface area contributed by atoms with E-state index >= 15 is 0 Å². The normalized spacial score (nSPS) is 21.6. The summed E-state index contributed by atoms with van der Waals surface area (Å²) >= 11 is 0. The zero-order chi connectivity index (χ0) is 15.1. The fraction of sp³-hybridized carbons (Fsp3) is 0.579. The molecule has 1 aliphatic heterocycles. The molecular formula is C19H28O2. The van der Waals surface area contributed by atoms with Crippen molar-refractivity contribution in [3.63, 3.8) is 0 Å². The van der Waals surface area contributed by atoms with Crippen molar-refractivity contribution in [2.45, 2.75) is 58.3 Å². The van der Waals surface area contributed by atoms with E-state index in [1.807, 2.05) is 6.07 Å². The van der Waals surface area contributed by atoms with Crippen molar-refractivity contribution in [1.29, 1.82) is 0 Å². The predicted molar refractivity (Wildman–Crippen MR) is 87.2 cm³/mol. The van der Waals surface area contributed by atoms with Crippen molar-refractivity contribution < 1.29 is 9.47 Å². The van der Waals surface area contributed by atoms with Gasteiger partial charge < -0.3 is 9.47 Å². The molecule has 2 unspecified atom stereocenters. The van der Waals surface area contributed by atoms with Gasteiger partial charge in [0.05, 0.1) is 18.3 Å². The molecule has 0 N–H and O–H groups in total. The van der Waals surface area contributed by atoms with Crippen LogP contribution in [0.5, 0.6) is 0 Å². The monoisotopic (exact) mass is 288 g/mol. The number of hydrogen-bond acceptors (Lipinski definition) is 2. The molecule has 21 heavy (non-hydrogen) atoms. The lowest BCUT2D eigenvalue weighted by Gasteiger charge is -2.12. The van der Waals surface area contributed by atoms with E-state index in [4.69, 9.17) is 9.47 Å². The molecule has 2 atom stereocenters. The first-order valence-corrected chi connectivity index (χ1v) is 8.04. The molecule has 2 rings (SSSR count). The van der Waals surface area contributed by atoms with Gasteiger partial charge in [-0.25, -0.2) is 0 Å². The van der Waals surface area contributed by atoms with Crippen molar-refractivity contribution in [1.82, 2.24) is 0 Å². The van der Waals surface area contributed by atoms with Crippen LogP contribution in [0.4, 0.5) is 0 Å². The second-order valence-electron chi connectivity index (χ2n) is 6.40. The lowest BCUT2D eigenvalue weighted by atomic mass is 9.95. The third-order valence-electron chi connectivity index (χ3n) is 4.17. The van der Waals surface area contributed by atoms with E-state index in [9.17, 15) is 0 Å². The van der Waals surface area contributed by atoms with Gasteiger partial charge in [-0.15, -0.1) is 0 Å². The van der Waals surface area contributed by atoms with E-state index in [1.165, 1.54) is 12.0 Å². The average Bonchev–Trinajstić information content (AvgIpc) is 3.09. The standard InChI is InChI=1S/C19H28O2/c1-4-8-16(11-12-18-19(2,3)21-18)13-14-20-15-17-9-6-5-7-10-17/h4-10,16,18H,11-15H2,1-3H3/b8-4+. The maximum Gasteiger partial charge on any atom is 0.0892 e. The Balaban J connectivity index is 1.63.